The zero-order chi connectivity index (χ0) is 40.9. The summed E-state index contributed by atoms with van der Waals surface area (Å²) in [6.45, 7) is 13.7. The van der Waals surface area contributed by atoms with Gasteiger partial charge in [-0.15, -0.1) is 0 Å². The molecule has 0 amide bonds. The van der Waals surface area contributed by atoms with Crippen LogP contribution in [0.15, 0.2) is 170 Å². The Morgan fingerprint density at radius 1 is 0.383 bits per heavy atom. The van der Waals surface area contributed by atoms with Crippen LogP contribution < -0.4 is 25.9 Å². The maximum atomic E-state index is 6.87. The number of aromatic nitrogens is 1. The highest BCUT2D eigenvalue weighted by Crippen LogP contribution is 2.41. The molecule has 0 bridgehead atoms. The van der Waals surface area contributed by atoms with E-state index in [9.17, 15) is 0 Å². The fourth-order valence-corrected chi connectivity index (χ4v) is 9.33. The summed E-state index contributed by atoms with van der Waals surface area (Å²) in [5, 5.41) is 2.58. The van der Waals surface area contributed by atoms with E-state index < -0.39 is 0 Å². The molecule has 8 aromatic carbocycles. The first kappa shape index (κ1) is 36.3. The van der Waals surface area contributed by atoms with Gasteiger partial charge in [-0.3, -0.25) is 0 Å². The molecule has 3 nitrogen and oxygen atoms in total. The molecule has 0 spiro atoms. The highest BCUT2D eigenvalue weighted by Gasteiger charge is 2.41. The summed E-state index contributed by atoms with van der Waals surface area (Å²) >= 11 is 0. The molecule has 0 saturated heterocycles. The third-order valence-corrected chi connectivity index (χ3v) is 12.6. The summed E-state index contributed by atoms with van der Waals surface area (Å²) in [5.41, 5.74) is 16.5. The van der Waals surface area contributed by atoms with Crippen LogP contribution in [0.1, 0.15) is 52.7 Å². The van der Waals surface area contributed by atoms with Gasteiger partial charge in [0.25, 0.3) is 6.71 Å². The minimum atomic E-state index is -0.0563. The molecule has 0 N–H and O–H groups in total. The minimum Gasteiger partial charge on any atom is -0.458 e. The van der Waals surface area contributed by atoms with E-state index in [0.717, 1.165) is 56.2 Å². The lowest BCUT2D eigenvalue weighted by Gasteiger charge is -2.34. The Morgan fingerprint density at radius 2 is 0.817 bits per heavy atom. The van der Waals surface area contributed by atoms with E-state index in [1.807, 2.05) is 0 Å². The van der Waals surface area contributed by atoms with Gasteiger partial charge in [-0.25, -0.2) is 0 Å². The lowest BCUT2D eigenvalue weighted by atomic mass is 9.34. The van der Waals surface area contributed by atoms with Gasteiger partial charge in [0.1, 0.15) is 23.0 Å². The molecule has 9 aromatic rings. The van der Waals surface area contributed by atoms with Crippen LogP contribution in [0.4, 0.5) is 0 Å². The Kier molecular flexibility index (Phi) is 8.09. The van der Waals surface area contributed by atoms with E-state index in [2.05, 4.69) is 216 Å². The van der Waals surface area contributed by atoms with E-state index in [0.29, 0.717) is 0 Å². The van der Waals surface area contributed by atoms with Crippen LogP contribution >= 0.6 is 0 Å². The monoisotopic (exact) mass is 775 g/mol. The molecule has 1 aromatic heterocycles. The second-order valence-corrected chi connectivity index (χ2v) is 18.6. The molecule has 0 unspecified atom stereocenters. The molecule has 0 fully saturated rings. The molecular weight excluding hydrogens is 729 g/mol. The Balaban J connectivity index is 1.03. The second-order valence-electron chi connectivity index (χ2n) is 18.6. The fraction of sp³-hybridized carbons (Fsp3) is 0.143. The smallest absolute Gasteiger partial charge is 0.260 e. The van der Waals surface area contributed by atoms with Gasteiger partial charge in [0.2, 0.25) is 0 Å². The summed E-state index contributed by atoms with van der Waals surface area (Å²) in [5.74, 6) is 3.41. The molecular formula is C56H46BNO2. The standard InChI is InChI=1S/C56H46BNO2/c1-55(2,3)41-21-25-48-44(33-41)45-34-42(56(4,5)6)22-26-49(45)58(48)43-23-17-37(18-24-43)40-31-52-54-53(32-40)60-51-28-20-39(36-15-11-8-12-16-36)30-47(51)57(54)46-29-38(19-27-50(46)59-52)35-13-9-7-10-14-35/h7-34H,1-6H3. The molecule has 0 atom stereocenters. The molecule has 4 heteroatoms. The Hall–Kier alpha value is -6.78. The predicted molar refractivity (Wildman–Crippen MR) is 252 cm³/mol. The number of rotatable bonds is 4. The first-order chi connectivity index (χ1) is 29.0. The predicted octanol–water partition coefficient (Wildman–Crippen LogP) is 13.1. The summed E-state index contributed by atoms with van der Waals surface area (Å²) in [6, 6.07) is 61.8. The zero-order valence-electron chi connectivity index (χ0n) is 35.0. The van der Waals surface area contributed by atoms with Gasteiger partial charge >= 0.3 is 0 Å². The van der Waals surface area contributed by atoms with Crippen molar-refractivity contribution >= 4 is 44.9 Å². The average Bonchev–Trinajstić information content (AvgIpc) is 3.59. The van der Waals surface area contributed by atoms with Gasteiger partial charge in [0.05, 0.1) is 11.0 Å². The van der Waals surface area contributed by atoms with Crippen molar-refractivity contribution in [3.8, 4) is 62.1 Å². The number of benzene rings is 8. The largest absolute Gasteiger partial charge is 0.458 e. The van der Waals surface area contributed by atoms with E-state index in [4.69, 9.17) is 9.47 Å². The molecule has 60 heavy (non-hydrogen) atoms. The Labute approximate surface area is 353 Å². The van der Waals surface area contributed by atoms with Gasteiger partial charge in [-0.05, 0) is 127 Å². The first-order valence-corrected chi connectivity index (χ1v) is 21.1. The lowest BCUT2D eigenvalue weighted by molar-refractivity contribution is 0.465. The van der Waals surface area contributed by atoms with Gasteiger partial charge < -0.3 is 14.0 Å². The average molecular weight is 776 g/mol. The van der Waals surface area contributed by atoms with E-state index >= 15 is 0 Å². The Bertz CT molecular complexity index is 2960. The normalized spacial score (nSPS) is 13.1. The maximum absolute atomic E-state index is 6.87. The maximum Gasteiger partial charge on any atom is 0.260 e. The number of fused-ring (bicyclic) bond motifs is 7. The fourth-order valence-electron chi connectivity index (χ4n) is 9.33. The van der Waals surface area contributed by atoms with E-state index in [1.54, 1.807) is 0 Å². The number of nitrogens with zero attached hydrogens (tertiary/aromatic N) is 1. The SMILES string of the molecule is CC(C)(C)c1ccc2c(c1)c1cc(C(C)(C)C)ccc1n2-c1ccc(-c2cc3c4c(c2)Oc2ccc(-c5ccccc5)cc2B4c2cc(-c4ccccc4)ccc2O3)cc1. The lowest BCUT2D eigenvalue weighted by Crippen LogP contribution is -2.57. The van der Waals surface area contributed by atoms with Crippen LogP contribution in [0.25, 0.3) is 60.9 Å². The van der Waals surface area contributed by atoms with Crippen LogP contribution in [0.2, 0.25) is 0 Å². The Morgan fingerprint density at radius 3 is 1.27 bits per heavy atom. The van der Waals surface area contributed by atoms with E-state index in [-0.39, 0.29) is 17.5 Å². The van der Waals surface area contributed by atoms with Gasteiger partial charge in [0.15, 0.2) is 0 Å². The number of ether oxygens (including phenoxy) is 2. The van der Waals surface area contributed by atoms with Crippen LogP contribution in [0.3, 0.4) is 0 Å². The topological polar surface area (TPSA) is 23.4 Å². The molecule has 3 heterocycles. The summed E-state index contributed by atoms with van der Waals surface area (Å²) < 4.78 is 16.2. The van der Waals surface area contributed by atoms with Crippen molar-refractivity contribution in [1.82, 2.24) is 4.57 Å². The highest BCUT2D eigenvalue weighted by molar-refractivity contribution is 6.98. The molecule has 11 rings (SSSR count). The first-order valence-electron chi connectivity index (χ1n) is 21.1. The van der Waals surface area contributed by atoms with Gasteiger partial charge in [0, 0.05) is 21.9 Å². The van der Waals surface area contributed by atoms with Crippen molar-refractivity contribution in [3.05, 3.63) is 181 Å². The highest BCUT2D eigenvalue weighted by atomic mass is 16.5. The molecule has 0 radical (unpaired) electrons. The van der Waals surface area contributed by atoms with Gasteiger partial charge in [-0.1, -0.05) is 151 Å². The number of hydrogen-bond acceptors (Lipinski definition) is 2. The van der Waals surface area contributed by atoms with Gasteiger partial charge in [-0.2, -0.15) is 0 Å². The van der Waals surface area contributed by atoms with Crippen LogP contribution in [-0.2, 0) is 10.8 Å². The van der Waals surface area contributed by atoms with Crippen molar-refractivity contribution < 1.29 is 9.47 Å². The number of hydrogen-bond donors (Lipinski definition) is 0. The molecule has 2 aliphatic heterocycles. The van der Waals surface area contributed by atoms with Crippen molar-refractivity contribution in [3.63, 3.8) is 0 Å². The van der Waals surface area contributed by atoms with Crippen LogP contribution in [0.5, 0.6) is 23.0 Å². The zero-order valence-corrected chi connectivity index (χ0v) is 35.0. The summed E-state index contributed by atoms with van der Waals surface area (Å²) in [4.78, 5) is 0. The van der Waals surface area contributed by atoms with Crippen LogP contribution in [-0.4, -0.2) is 11.3 Å². The molecule has 0 saturated carbocycles. The second kappa shape index (κ2) is 13.4. The van der Waals surface area contributed by atoms with Crippen molar-refractivity contribution in [2.45, 2.75) is 52.4 Å². The van der Waals surface area contributed by atoms with Crippen molar-refractivity contribution in [1.29, 1.82) is 0 Å². The molecule has 2 aliphatic rings. The van der Waals surface area contributed by atoms with Crippen molar-refractivity contribution in [2.24, 2.45) is 0 Å². The molecule has 0 aliphatic carbocycles. The third kappa shape index (κ3) is 5.96. The minimum absolute atomic E-state index is 0.0495. The van der Waals surface area contributed by atoms with E-state index in [1.165, 1.54) is 55.2 Å². The van der Waals surface area contributed by atoms with Crippen molar-refractivity contribution in [2.75, 3.05) is 0 Å². The molecule has 290 valence electrons. The third-order valence-electron chi connectivity index (χ3n) is 12.6. The summed E-state index contributed by atoms with van der Waals surface area (Å²) in [7, 11) is 0. The summed E-state index contributed by atoms with van der Waals surface area (Å²) in [6.07, 6.45) is 0. The van der Waals surface area contributed by atoms with Crippen LogP contribution in [0, 0.1) is 0 Å². The quantitative estimate of drug-likeness (QED) is 0.166.